The molecular weight excluding hydrogens is 336 g/mol. The summed E-state index contributed by atoms with van der Waals surface area (Å²) in [5.41, 5.74) is 0.775. The third kappa shape index (κ3) is 4.66. The maximum atomic E-state index is 14.0. The van der Waals surface area contributed by atoms with Gasteiger partial charge in [0.1, 0.15) is 0 Å². The number of benzene rings is 1. The first-order valence-corrected chi connectivity index (χ1v) is 9.02. The summed E-state index contributed by atoms with van der Waals surface area (Å²) in [6, 6.07) is 3.87. The molecule has 3 rings (SSSR count). The maximum Gasteiger partial charge on any atom is 0.573 e. The summed E-state index contributed by atoms with van der Waals surface area (Å²) < 4.78 is 60.2. The van der Waals surface area contributed by atoms with Gasteiger partial charge in [0.25, 0.3) is 0 Å². The molecule has 1 aromatic rings. The SMILES string of the molecule is CCOC1CCC2CC(c3ccc(OC(F)(F)F)c(F)c3)CCC2C1. The van der Waals surface area contributed by atoms with E-state index in [2.05, 4.69) is 4.74 Å². The van der Waals surface area contributed by atoms with E-state index in [1.807, 2.05) is 6.92 Å². The summed E-state index contributed by atoms with van der Waals surface area (Å²) in [4.78, 5) is 0. The number of hydrogen-bond donors (Lipinski definition) is 0. The number of hydrogen-bond acceptors (Lipinski definition) is 2. The van der Waals surface area contributed by atoms with Crippen LogP contribution in [0.3, 0.4) is 0 Å². The molecule has 2 saturated carbocycles. The second-order valence-electron chi connectivity index (χ2n) is 7.16. The molecule has 0 aliphatic heterocycles. The van der Waals surface area contributed by atoms with E-state index in [1.54, 1.807) is 6.07 Å². The van der Waals surface area contributed by atoms with Crippen LogP contribution in [0.5, 0.6) is 5.75 Å². The molecule has 0 saturated heterocycles. The minimum absolute atomic E-state index is 0.208. The fourth-order valence-electron chi connectivity index (χ4n) is 4.51. The van der Waals surface area contributed by atoms with Crippen molar-refractivity contribution in [2.24, 2.45) is 11.8 Å². The van der Waals surface area contributed by atoms with Crippen LogP contribution in [-0.2, 0) is 4.74 Å². The molecule has 0 N–H and O–H groups in total. The highest BCUT2D eigenvalue weighted by Crippen LogP contribution is 2.47. The van der Waals surface area contributed by atoms with E-state index in [0.717, 1.165) is 56.8 Å². The van der Waals surface area contributed by atoms with Gasteiger partial charge in [0.15, 0.2) is 11.6 Å². The van der Waals surface area contributed by atoms with Gasteiger partial charge in [-0.2, -0.15) is 0 Å². The minimum Gasteiger partial charge on any atom is -0.403 e. The van der Waals surface area contributed by atoms with Gasteiger partial charge >= 0.3 is 6.36 Å². The maximum absolute atomic E-state index is 14.0. The molecule has 0 bridgehead atoms. The molecule has 140 valence electrons. The van der Waals surface area contributed by atoms with Crippen molar-refractivity contribution in [2.75, 3.05) is 6.61 Å². The molecule has 4 atom stereocenters. The van der Waals surface area contributed by atoms with Crippen molar-refractivity contribution in [1.82, 2.24) is 0 Å². The summed E-state index contributed by atoms with van der Waals surface area (Å²) >= 11 is 0. The van der Waals surface area contributed by atoms with Crippen LogP contribution < -0.4 is 4.74 Å². The third-order valence-electron chi connectivity index (χ3n) is 5.62. The molecule has 4 unspecified atom stereocenters. The van der Waals surface area contributed by atoms with Gasteiger partial charge in [0, 0.05) is 6.61 Å². The molecule has 0 amide bonds. The van der Waals surface area contributed by atoms with Crippen LogP contribution in [0.2, 0.25) is 0 Å². The summed E-state index contributed by atoms with van der Waals surface area (Å²) in [6.07, 6.45) is 1.75. The first-order chi connectivity index (χ1) is 11.9. The average molecular weight is 360 g/mol. The Hall–Kier alpha value is -1.30. The molecule has 0 spiro atoms. The Morgan fingerprint density at radius 1 is 1.04 bits per heavy atom. The van der Waals surface area contributed by atoms with Crippen LogP contribution >= 0.6 is 0 Å². The fourth-order valence-corrected chi connectivity index (χ4v) is 4.51. The van der Waals surface area contributed by atoms with Crippen molar-refractivity contribution in [3.8, 4) is 5.75 Å². The standard InChI is InChI=1S/C19H24F4O2/c1-2-24-16-7-5-13-9-12(3-4-14(13)10-16)15-6-8-18(17(20)11-15)25-19(21,22)23/h6,8,11-14,16H,2-5,7,9-10H2,1H3. The predicted octanol–water partition coefficient (Wildman–Crippen LogP) is 5.81. The van der Waals surface area contributed by atoms with Crippen LogP contribution in [0.1, 0.15) is 56.9 Å². The van der Waals surface area contributed by atoms with E-state index in [1.165, 1.54) is 6.07 Å². The van der Waals surface area contributed by atoms with Gasteiger partial charge in [0.2, 0.25) is 0 Å². The zero-order chi connectivity index (χ0) is 18.0. The van der Waals surface area contributed by atoms with Gasteiger partial charge in [-0.1, -0.05) is 6.07 Å². The Labute approximate surface area is 145 Å². The van der Waals surface area contributed by atoms with E-state index < -0.39 is 17.9 Å². The van der Waals surface area contributed by atoms with Crippen LogP contribution in [0.4, 0.5) is 17.6 Å². The Morgan fingerprint density at radius 3 is 2.44 bits per heavy atom. The summed E-state index contributed by atoms with van der Waals surface area (Å²) in [7, 11) is 0. The number of ether oxygens (including phenoxy) is 2. The van der Waals surface area contributed by atoms with Crippen molar-refractivity contribution in [3.63, 3.8) is 0 Å². The van der Waals surface area contributed by atoms with E-state index in [9.17, 15) is 17.6 Å². The zero-order valence-electron chi connectivity index (χ0n) is 14.3. The molecule has 25 heavy (non-hydrogen) atoms. The normalized spacial score (nSPS) is 30.0. The molecule has 0 heterocycles. The Balaban J connectivity index is 1.63. The highest BCUT2D eigenvalue weighted by molar-refractivity contribution is 5.32. The van der Waals surface area contributed by atoms with Gasteiger partial charge in [0.05, 0.1) is 6.10 Å². The summed E-state index contributed by atoms with van der Waals surface area (Å²) in [5, 5.41) is 0. The van der Waals surface area contributed by atoms with Crippen molar-refractivity contribution in [2.45, 2.75) is 63.8 Å². The van der Waals surface area contributed by atoms with E-state index in [-0.39, 0.29) is 5.92 Å². The average Bonchev–Trinajstić information content (AvgIpc) is 2.55. The van der Waals surface area contributed by atoms with E-state index in [4.69, 9.17) is 4.74 Å². The number of rotatable bonds is 4. The summed E-state index contributed by atoms with van der Waals surface area (Å²) in [6.45, 7) is 2.76. The van der Waals surface area contributed by atoms with Crippen molar-refractivity contribution in [1.29, 1.82) is 0 Å². The lowest BCUT2D eigenvalue weighted by atomic mass is 9.65. The van der Waals surface area contributed by atoms with Gasteiger partial charge in [-0.15, -0.1) is 13.2 Å². The minimum atomic E-state index is -4.88. The van der Waals surface area contributed by atoms with E-state index >= 15 is 0 Å². The molecule has 2 aliphatic carbocycles. The Morgan fingerprint density at radius 2 is 1.76 bits per heavy atom. The highest BCUT2D eigenvalue weighted by Gasteiger charge is 2.37. The monoisotopic (exact) mass is 360 g/mol. The molecule has 1 aromatic carbocycles. The highest BCUT2D eigenvalue weighted by atomic mass is 19.4. The number of fused-ring (bicyclic) bond motifs is 1. The smallest absolute Gasteiger partial charge is 0.403 e. The Bertz CT molecular complexity index is 587. The molecular formula is C19H24F4O2. The molecule has 0 radical (unpaired) electrons. The Kier molecular flexibility index (Phi) is 5.56. The van der Waals surface area contributed by atoms with Crippen LogP contribution in [0, 0.1) is 17.7 Å². The summed E-state index contributed by atoms with van der Waals surface area (Å²) in [5.74, 6) is -0.248. The van der Waals surface area contributed by atoms with Crippen LogP contribution in [0.25, 0.3) is 0 Å². The first-order valence-electron chi connectivity index (χ1n) is 9.02. The number of halogens is 4. The zero-order valence-corrected chi connectivity index (χ0v) is 14.3. The second kappa shape index (κ2) is 7.52. The molecule has 0 aromatic heterocycles. The first kappa shape index (κ1) is 18.5. The van der Waals surface area contributed by atoms with Crippen LogP contribution in [-0.4, -0.2) is 19.1 Å². The van der Waals surface area contributed by atoms with Crippen molar-refractivity contribution < 1.29 is 27.0 Å². The second-order valence-corrected chi connectivity index (χ2v) is 7.16. The molecule has 2 fully saturated rings. The van der Waals surface area contributed by atoms with Gasteiger partial charge in [-0.05, 0) is 80.9 Å². The lowest BCUT2D eigenvalue weighted by molar-refractivity contribution is -0.275. The van der Waals surface area contributed by atoms with Crippen molar-refractivity contribution >= 4 is 0 Å². The molecule has 2 nitrogen and oxygen atoms in total. The van der Waals surface area contributed by atoms with Gasteiger partial charge in [-0.25, -0.2) is 4.39 Å². The molecule has 6 heteroatoms. The third-order valence-corrected chi connectivity index (χ3v) is 5.62. The lowest BCUT2D eigenvalue weighted by Gasteiger charge is -2.42. The quantitative estimate of drug-likeness (QED) is 0.631. The predicted molar refractivity (Wildman–Crippen MR) is 85.9 cm³/mol. The number of alkyl halides is 3. The topological polar surface area (TPSA) is 18.5 Å². The molecule has 2 aliphatic rings. The van der Waals surface area contributed by atoms with Crippen molar-refractivity contribution in [3.05, 3.63) is 29.6 Å². The van der Waals surface area contributed by atoms with E-state index in [0.29, 0.717) is 17.9 Å². The lowest BCUT2D eigenvalue weighted by Crippen LogP contribution is -2.33. The fraction of sp³-hybridized carbons (Fsp3) is 0.684. The van der Waals surface area contributed by atoms with Gasteiger partial charge in [-0.3, -0.25) is 0 Å². The van der Waals surface area contributed by atoms with Crippen LogP contribution in [0.15, 0.2) is 18.2 Å². The van der Waals surface area contributed by atoms with Gasteiger partial charge < -0.3 is 9.47 Å². The largest absolute Gasteiger partial charge is 0.573 e.